The fraction of sp³-hybridized carbons (Fsp3) is 0.200. The SMILES string of the molecule is Cc1nn(C)c(Cl)c1C(=O)OCc1nc(-c2cccc(Br)c2)no1. The highest BCUT2D eigenvalue weighted by Gasteiger charge is 2.21. The van der Waals surface area contributed by atoms with Crippen LogP contribution in [0.2, 0.25) is 5.15 Å². The topological polar surface area (TPSA) is 83.0 Å². The van der Waals surface area contributed by atoms with Gasteiger partial charge in [0, 0.05) is 17.1 Å². The van der Waals surface area contributed by atoms with E-state index in [-0.39, 0.29) is 23.2 Å². The lowest BCUT2D eigenvalue weighted by Gasteiger charge is -2.01. The predicted molar refractivity (Wildman–Crippen MR) is 89.5 cm³/mol. The van der Waals surface area contributed by atoms with Gasteiger partial charge in [-0.25, -0.2) is 4.79 Å². The van der Waals surface area contributed by atoms with Gasteiger partial charge in [0.1, 0.15) is 10.7 Å². The minimum Gasteiger partial charge on any atom is -0.452 e. The maximum absolute atomic E-state index is 12.1. The number of benzene rings is 1. The van der Waals surface area contributed by atoms with E-state index < -0.39 is 5.97 Å². The Morgan fingerprint density at radius 3 is 2.92 bits per heavy atom. The van der Waals surface area contributed by atoms with E-state index in [1.54, 1.807) is 14.0 Å². The van der Waals surface area contributed by atoms with E-state index in [4.69, 9.17) is 20.9 Å². The average Bonchev–Trinajstić information content (AvgIpc) is 3.10. The summed E-state index contributed by atoms with van der Waals surface area (Å²) < 4.78 is 12.6. The van der Waals surface area contributed by atoms with Gasteiger partial charge in [-0.15, -0.1) is 0 Å². The first-order valence-electron chi connectivity index (χ1n) is 6.90. The Kier molecular flexibility index (Phi) is 4.68. The number of aromatic nitrogens is 4. The molecule has 0 fully saturated rings. The van der Waals surface area contributed by atoms with Crippen LogP contribution < -0.4 is 0 Å². The number of aryl methyl sites for hydroxylation is 2. The third-order valence-corrected chi connectivity index (χ3v) is 4.16. The van der Waals surface area contributed by atoms with Gasteiger partial charge in [-0.05, 0) is 19.1 Å². The van der Waals surface area contributed by atoms with Gasteiger partial charge in [-0.1, -0.05) is 44.8 Å². The summed E-state index contributed by atoms with van der Waals surface area (Å²) in [5.74, 6) is 0.0155. The molecule has 1 aromatic carbocycles. The number of halogens is 2. The van der Waals surface area contributed by atoms with Gasteiger partial charge in [0.25, 0.3) is 5.89 Å². The quantitative estimate of drug-likeness (QED) is 0.611. The van der Waals surface area contributed by atoms with Gasteiger partial charge in [-0.3, -0.25) is 4.68 Å². The Balaban J connectivity index is 1.70. The normalized spacial score (nSPS) is 10.8. The lowest BCUT2D eigenvalue weighted by Crippen LogP contribution is -2.07. The summed E-state index contributed by atoms with van der Waals surface area (Å²) in [6, 6.07) is 7.47. The zero-order valence-electron chi connectivity index (χ0n) is 12.8. The summed E-state index contributed by atoms with van der Waals surface area (Å²) in [6.45, 7) is 1.53. The van der Waals surface area contributed by atoms with Crippen LogP contribution in [0.1, 0.15) is 21.9 Å². The van der Waals surface area contributed by atoms with Gasteiger partial charge in [-0.2, -0.15) is 10.1 Å². The van der Waals surface area contributed by atoms with Crippen LogP contribution in [0, 0.1) is 6.92 Å². The smallest absolute Gasteiger partial charge is 0.343 e. The molecule has 7 nitrogen and oxygen atoms in total. The van der Waals surface area contributed by atoms with Crippen LogP contribution in [0.25, 0.3) is 11.4 Å². The number of esters is 1. The second-order valence-corrected chi connectivity index (χ2v) is 6.25. The molecule has 0 spiro atoms. The molecule has 0 aliphatic rings. The highest BCUT2D eigenvalue weighted by atomic mass is 79.9. The number of carbonyl (C=O) groups excluding carboxylic acids is 1. The first-order valence-corrected chi connectivity index (χ1v) is 8.07. The fourth-order valence-corrected chi connectivity index (χ4v) is 2.77. The molecule has 0 radical (unpaired) electrons. The summed E-state index contributed by atoms with van der Waals surface area (Å²) >= 11 is 9.41. The molecule has 2 heterocycles. The Bertz CT molecular complexity index is 906. The molecule has 0 aliphatic carbocycles. The number of rotatable bonds is 4. The van der Waals surface area contributed by atoms with Crippen molar-refractivity contribution in [1.82, 2.24) is 19.9 Å². The largest absolute Gasteiger partial charge is 0.452 e. The molecule has 0 unspecified atom stereocenters. The van der Waals surface area contributed by atoms with Crippen molar-refractivity contribution in [2.24, 2.45) is 7.05 Å². The summed E-state index contributed by atoms with van der Waals surface area (Å²) in [6.07, 6.45) is 0. The number of hydrogen-bond acceptors (Lipinski definition) is 6. The third-order valence-electron chi connectivity index (χ3n) is 3.23. The summed E-state index contributed by atoms with van der Waals surface area (Å²) in [5.41, 5.74) is 1.51. The molecule has 0 saturated heterocycles. The van der Waals surface area contributed by atoms with Crippen molar-refractivity contribution in [3.05, 3.63) is 51.0 Å². The average molecular weight is 412 g/mol. The van der Waals surface area contributed by atoms with Crippen molar-refractivity contribution < 1.29 is 14.1 Å². The molecular weight excluding hydrogens is 400 g/mol. The van der Waals surface area contributed by atoms with E-state index in [1.165, 1.54) is 4.68 Å². The second-order valence-electron chi connectivity index (χ2n) is 4.97. The summed E-state index contributed by atoms with van der Waals surface area (Å²) in [5, 5.41) is 8.16. The molecule has 3 aromatic rings. The van der Waals surface area contributed by atoms with Crippen LogP contribution >= 0.6 is 27.5 Å². The zero-order chi connectivity index (χ0) is 17.3. The number of carbonyl (C=O) groups is 1. The maximum Gasteiger partial charge on any atom is 0.343 e. The van der Waals surface area contributed by atoms with Crippen LogP contribution in [0.5, 0.6) is 0 Å². The van der Waals surface area contributed by atoms with Gasteiger partial charge in [0.15, 0.2) is 6.61 Å². The standard InChI is InChI=1S/C15H12BrClN4O3/c1-8-12(13(17)21(2)19-8)15(22)23-7-11-18-14(20-24-11)9-4-3-5-10(16)6-9/h3-6H,7H2,1-2H3. The zero-order valence-corrected chi connectivity index (χ0v) is 15.1. The first-order chi connectivity index (χ1) is 11.5. The van der Waals surface area contributed by atoms with Crippen molar-refractivity contribution in [2.45, 2.75) is 13.5 Å². The Hall–Kier alpha value is -2.19. The fourth-order valence-electron chi connectivity index (χ4n) is 2.12. The lowest BCUT2D eigenvalue weighted by atomic mass is 10.2. The van der Waals surface area contributed by atoms with E-state index in [0.29, 0.717) is 11.5 Å². The molecule has 124 valence electrons. The van der Waals surface area contributed by atoms with Crippen molar-refractivity contribution in [3.8, 4) is 11.4 Å². The molecule has 3 rings (SSSR count). The monoisotopic (exact) mass is 410 g/mol. The Morgan fingerprint density at radius 2 is 2.25 bits per heavy atom. The highest BCUT2D eigenvalue weighted by molar-refractivity contribution is 9.10. The molecule has 9 heteroatoms. The van der Waals surface area contributed by atoms with Crippen LogP contribution in [0.4, 0.5) is 0 Å². The van der Waals surface area contributed by atoms with E-state index in [1.807, 2.05) is 24.3 Å². The molecule has 2 aromatic heterocycles. The van der Waals surface area contributed by atoms with Gasteiger partial charge < -0.3 is 9.26 Å². The number of nitrogens with zero attached hydrogens (tertiary/aromatic N) is 4. The summed E-state index contributed by atoms with van der Waals surface area (Å²) in [4.78, 5) is 16.3. The Morgan fingerprint density at radius 1 is 1.46 bits per heavy atom. The van der Waals surface area contributed by atoms with Crippen LogP contribution in [-0.4, -0.2) is 25.9 Å². The molecule has 0 saturated carbocycles. The van der Waals surface area contributed by atoms with Crippen LogP contribution in [-0.2, 0) is 18.4 Å². The number of hydrogen-bond donors (Lipinski definition) is 0. The molecule has 0 N–H and O–H groups in total. The second kappa shape index (κ2) is 6.74. The van der Waals surface area contributed by atoms with E-state index >= 15 is 0 Å². The van der Waals surface area contributed by atoms with Gasteiger partial charge in [0.05, 0.1) is 5.69 Å². The van der Waals surface area contributed by atoms with E-state index in [9.17, 15) is 4.79 Å². The molecular formula is C15H12BrClN4O3. The Labute approximate surface area is 150 Å². The lowest BCUT2D eigenvalue weighted by molar-refractivity contribution is 0.0429. The number of ether oxygens (including phenoxy) is 1. The molecule has 0 aliphatic heterocycles. The van der Waals surface area contributed by atoms with Gasteiger partial charge >= 0.3 is 5.97 Å². The van der Waals surface area contributed by atoms with E-state index in [2.05, 4.69) is 31.2 Å². The highest BCUT2D eigenvalue weighted by Crippen LogP contribution is 2.22. The minimum atomic E-state index is -0.590. The molecule has 0 amide bonds. The van der Waals surface area contributed by atoms with E-state index in [0.717, 1.165) is 10.0 Å². The van der Waals surface area contributed by atoms with Gasteiger partial charge in [0.2, 0.25) is 5.82 Å². The third kappa shape index (κ3) is 3.34. The molecule has 24 heavy (non-hydrogen) atoms. The van der Waals surface area contributed by atoms with Crippen LogP contribution in [0.15, 0.2) is 33.3 Å². The maximum atomic E-state index is 12.1. The molecule has 0 bridgehead atoms. The van der Waals surface area contributed by atoms with Crippen molar-refractivity contribution >= 4 is 33.5 Å². The van der Waals surface area contributed by atoms with Crippen molar-refractivity contribution in [2.75, 3.05) is 0 Å². The van der Waals surface area contributed by atoms with Crippen molar-refractivity contribution in [3.63, 3.8) is 0 Å². The first kappa shape index (κ1) is 16.7. The minimum absolute atomic E-state index is 0.148. The van der Waals surface area contributed by atoms with Crippen LogP contribution in [0.3, 0.4) is 0 Å². The predicted octanol–water partition coefficient (Wildman–Crippen LogP) is 3.55. The van der Waals surface area contributed by atoms with Crippen molar-refractivity contribution in [1.29, 1.82) is 0 Å². The molecule has 0 atom stereocenters. The summed E-state index contributed by atoms with van der Waals surface area (Å²) in [7, 11) is 1.65.